The quantitative estimate of drug-likeness (QED) is 0.793. The zero-order valence-corrected chi connectivity index (χ0v) is 11.5. The summed E-state index contributed by atoms with van der Waals surface area (Å²) in [6.45, 7) is 3.33. The van der Waals surface area contributed by atoms with E-state index in [2.05, 4.69) is 33.2 Å². The number of hydrogen-bond acceptors (Lipinski definition) is 3. The lowest BCUT2D eigenvalue weighted by molar-refractivity contribution is 0.182. The van der Waals surface area contributed by atoms with Crippen molar-refractivity contribution in [3.63, 3.8) is 0 Å². The topological polar surface area (TPSA) is 59.4 Å². The molecule has 1 saturated carbocycles. The summed E-state index contributed by atoms with van der Waals surface area (Å²) in [6, 6.07) is 2.01. The van der Waals surface area contributed by atoms with Crippen LogP contribution in [-0.4, -0.2) is 24.7 Å². The number of aromatic nitrogens is 5. The highest BCUT2D eigenvalue weighted by molar-refractivity contribution is 5.89. The van der Waals surface area contributed by atoms with Crippen LogP contribution in [-0.2, 0) is 6.54 Å². The monoisotopic (exact) mass is 267 g/mol. The van der Waals surface area contributed by atoms with Crippen LogP contribution in [0.5, 0.6) is 0 Å². The Labute approximate surface area is 117 Å². The van der Waals surface area contributed by atoms with Gasteiger partial charge in [-0.15, -0.1) is 0 Å². The van der Waals surface area contributed by atoms with Gasteiger partial charge in [-0.25, -0.2) is 9.97 Å². The largest absolute Gasteiger partial charge is 0.346 e. The molecule has 0 saturated heterocycles. The lowest BCUT2D eigenvalue weighted by Crippen LogP contribution is -2.25. The van der Waals surface area contributed by atoms with Gasteiger partial charge in [-0.3, -0.25) is 4.68 Å². The minimum Gasteiger partial charge on any atom is -0.346 e. The molecule has 1 fully saturated rings. The van der Waals surface area contributed by atoms with Crippen molar-refractivity contribution in [1.82, 2.24) is 24.7 Å². The summed E-state index contributed by atoms with van der Waals surface area (Å²) in [6.07, 6.45) is 10.1. The van der Waals surface area contributed by atoms with Crippen molar-refractivity contribution in [3.8, 4) is 11.3 Å². The summed E-state index contributed by atoms with van der Waals surface area (Å²) >= 11 is 0. The average molecular weight is 267 g/mol. The van der Waals surface area contributed by atoms with E-state index in [-0.39, 0.29) is 0 Å². The van der Waals surface area contributed by atoms with Crippen LogP contribution in [0.3, 0.4) is 0 Å². The lowest BCUT2D eigenvalue weighted by atomic mass is 9.76. The summed E-state index contributed by atoms with van der Waals surface area (Å²) in [5, 5.41) is 5.52. The summed E-state index contributed by atoms with van der Waals surface area (Å²) < 4.78 is 2.05. The second-order valence-electron chi connectivity index (χ2n) is 5.86. The summed E-state index contributed by atoms with van der Waals surface area (Å²) in [5.74, 6) is 1.67. The van der Waals surface area contributed by atoms with Gasteiger partial charge in [0.25, 0.3) is 0 Å². The van der Waals surface area contributed by atoms with Gasteiger partial charge in [0.05, 0.1) is 11.9 Å². The standard InChI is InChI=1S/C15H17N5/c1-10-4-11(5-10)7-20-8-12(6-19-20)14-13-2-3-16-15(13)18-9-17-14/h2-3,6,8-11H,4-5,7H2,1H3,(H,16,17,18). The molecular formula is C15H17N5. The highest BCUT2D eigenvalue weighted by Crippen LogP contribution is 2.34. The fourth-order valence-electron chi connectivity index (χ4n) is 3.17. The number of hydrogen-bond donors (Lipinski definition) is 1. The Hall–Kier alpha value is -2.17. The highest BCUT2D eigenvalue weighted by atomic mass is 15.3. The van der Waals surface area contributed by atoms with Gasteiger partial charge < -0.3 is 4.98 Å². The van der Waals surface area contributed by atoms with E-state index in [1.54, 1.807) is 6.33 Å². The van der Waals surface area contributed by atoms with E-state index in [0.717, 1.165) is 40.7 Å². The molecule has 0 bridgehead atoms. The zero-order valence-electron chi connectivity index (χ0n) is 11.5. The number of rotatable bonds is 3. The van der Waals surface area contributed by atoms with E-state index in [4.69, 9.17) is 0 Å². The first kappa shape index (κ1) is 11.6. The minimum atomic E-state index is 0.787. The Kier molecular flexibility index (Phi) is 2.58. The third-order valence-corrected chi connectivity index (χ3v) is 4.18. The molecular weight excluding hydrogens is 250 g/mol. The lowest BCUT2D eigenvalue weighted by Gasteiger charge is -2.32. The predicted molar refractivity (Wildman–Crippen MR) is 77.0 cm³/mol. The predicted octanol–water partition coefficient (Wildman–Crippen LogP) is 2.87. The summed E-state index contributed by atoms with van der Waals surface area (Å²) in [7, 11) is 0. The van der Waals surface area contributed by atoms with Gasteiger partial charge in [0, 0.05) is 29.9 Å². The Bertz CT molecular complexity index is 735. The van der Waals surface area contributed by atoms with Gasteiger partial charge in [0.15, 0.2) is 0 Å². The average Bonchev–Trinajstić information content (AvgIpc) is 3.04. The molecule has 4 rings (SSSR count). The molecule has 1 N–H and O–H groups in total. The van der Waals surface area contributed by atoms with Crippen LogP contribution in [0, 0.1) is 11.8 Å². The smallest absolute Gasteiger partial charge is 0.141 e. The molecule has 20 heavy (non-hydrogen) atoms. The van der Waals surface area contributed by atoms with Gasteiger partial charge >= 0.3 is 0 Å². The molecule has 5 heteroatoms. The molecule has 0 amide bonds. The molecule has 3 aromatic rings. The van der Waals surface area contributed by atoms with Crippen LogP contribution in [0.15, 0.2) is 31.0 Å². The first-order chi connectivity index (χ1) is 9.79. The van der Waals surface area contributed by atoms with E-state index in [1.165, 1.54) is 12.8 Å². The van der Waals surface area contributed by atoms with Gasteiger partial charge in [-0.2, -0.15) is 5.10 Å². The van der Waals surface area contributed by atoms with Crippen LogP contribution in [0.1, 0.15) is 19.8 Å². The van der Waals surface area contributed by atoms with Crippen molar-refractivity contribution in [2.75, 3.05) is 0 Å². The molecule has 0 spiro atoms. The van der Waals surface area contributed by atoms with Crippen molar-refractivity contribution >= 4 is 11.0 Å². The minimum absolute atomic E-state index is 0.787. The highest BCUT2D eigenvalue weighted by Gasteiger charge is 2.25. The summed E-state index contributed by atoms with van der Waals surface area (Å²) in [5.41, 5.74) is 2.88. The SMILES string of the molecule is CC1CC(Cn2cc(-c3ncnc4[nH]ccc34)cn2)C1. The van der Waals surface area contributed by atoms with E-state index < -0.39 is 0 Å². The number of aromatic amines is 1. The molecule has 1 aliphatic rings. The third-order valence-electron chi connectivity index (χ3n) is 4.18. The number of nitrogens with zero attached hydrogens (tertiary/aromatic N) is 4. The maximum Gasteiger partial charge on any atom is 0.141 e. The van der Waals surface area contributed by atoms with E-state index in [0.29, 0.717) is 0 Å². The van der Waals surface area contributed by atoms with Gasteiger partial charge in [-0.05, 0) is 30.7 Å². The first-order valence-corrected chi connectivity index (χ1v) is 7.10. The van der Waals surface area contributed by atoms with Gasteiger partial charge in [-0.1, -0.05) is 6.92 Å². The van der Waals surface area contributed by atoms with Crippen molar-refractivity contribution in [2.45, 2.75) is 26.3 Å². The molecule has 102 valence electrons. The van der Waals surface area contributed by atoms with E-state index >= 15 is 0 Å². The van der Waals surface area contributed by atoms with E-state index in [1.807, 2.05) is 23.1 Å². The molecule has 0 aromatic carbocycles. The number of nitrogens with one attached hydrogen (secondary N) is 1. The molecule has 5 nitrogen and oxygen atoms in total. The van der Waals surface area contributed by atoms with Crippen LogP contribution in [0.2, 0.25) is 0 Å². The van der Waals surface area contributed by atoms with Gasteiger partial charge in [0.1, 0.15) is 12.0 Å². The van der Waals surface area contributed by atoms with Crippen molar-refractivity contribution < 1.29 is 0 Å². The fraction of sp³-hybridized carbons (Fsp3) is 0.400. The second-order valence-corrected chi connectivity index (χ2v) is 5.86. The Morgan fingerprint density at radius 1 is 1.35 bits per heavy atom. The van der Waals surface area contributed by atoms with Crippen LogP contribution in [0.4, 0.5) is 0 Å². The molecule has 3 aromatic heterocycles. The van der Waals surface area contributed by atoms with Crippen molar-refractivity contribution in [3.05, 3.63) is 31.0 Å². The fourth-order valence-corrected chi connectivity index (χ4v) is 3.17. The zero-order chi connectivity index (χ0) is 13.5. The Morgan fingerprint density at radius 3 is 3.10 bits per heavy atom. The maximum absolute atomic E-state index is 4.48. The molecule has 0 unspecified atom stereocenters. The number of H-pyrrole nitrogens is 1. The molecule has 0 atom stereocenters. The third kappa shape index (κ3) is 1.90. The second kappa shape index (κ2) is 4.44. The first-order valence-electron chi connectivity index (χ1n) is 7.10. The van der Waals surface area contributed by atoms with Crippen molar-refractivity contribution in [2.24, 2.45) is 11.8 Å². The Balaban J connectivity index is 1.62. The molecule has 0 aliphatic heterocycles. The molecule has 3 heterocycles. The van der Waals surface area contributed by atoms with Crippen LogP contribution < -0.4 is 0 Å². The van der Waals surface area contributed by atoms with Crippen molar-refractivity contribution in [1.29, 1.82) is 0 Å². The van der Waals surface area contributed by atoms with Crippen LogP contribution >= 0.6 is 0 Å². The number of fused-ring (bicyclic) bond motifs is 1. The maximum atomic E-state index is 4.48. The normalized spacial score (nSPS) is 22.1. The molecule has 1 aliphatic carbocycles. The summed E-state index contributed by atoms with van der Waals surface area (Å²) in [4.78, 5) is 11.7. The Morgan fingerprint density at radius 2 is 2.25 bits per heavy atom. The van der Waals surface area contributed by atoms with E-state index in [9.17, 15) is 0 Å². The van der Waals surface area contributed by atoms with Crippen LogP contribution in [0.25, 0.3) is 22.3 Å². The molecule has 0 radical (unpaired) electrons. The van der Waals surface area contributed by atoms with Gasteiger partial charge in [0.2, 0.25) is 0 Å².